The van der Waals surface area contributed by atoms with Gasteiger partial charge in [-0.3, -0.25) is 4.79 Å². The van der Waals surface area contributed by atoms with Crippen molar-refractivity contribution < 1.29 is 19.4 Å². The molecule has 0 aliphatic carbocycles. The molecule has 1 aliphatic heterocycles. The molecule has 0 bridgehead atoms. The van der Waals surface area contributed by atoms with Crippen molar-refractivity contribution in [1.82, 2.24) is 0 Å². The molecule has 58 valence electrons. The van der Waals surface area contributed by atoms with Gasteiger partial charge in [0, 0.05) is 6.42 Å². The van der Waals surface area contributed by atoms with E-state index in [4.69, 9.17) is 9.84 Å². The fraction of sp³-hybridized carbons (Fsp3) is 0.833. The van der Waals surface area contributed by atoms with Crippen molar-refractivity contribution in [2.45, 2.75) is 25.2 Å². The summed E-state index contributed by atoms with van der Waals surface area (Å²) in [5, 5.41) is 8.58. The van der Waals surface area contributed by atoms with Crippen LogP contribution in [0.3, 0.4) is 0 Å². The van der Waals surface area contributed by atoms with Crippen LogP contribution in [0.15, 0.2) is 0 Å². The highest BCUT2D eigenvalue weighted by Gasteiger charge is 2.25. The SMILES string of the molecule is O=COC1CCC(CO)O1. The molecular weight excluding hydrogens is 136 g/mol. The van der Waals surface area contributed by atoms with E-state index in [0.717, 1.165) is 6.42 Å². The normalized spacial score (nSPS) is 32.1. The average molecular weight is 146 g/mol. The van der Waals surface area contributed by atoms with Gasteiger partial charge in [0.15, 0.2) is 0 Å². The molecule has 1 saturated heterocycles. The highest BCUT2D eigenvalue weighted by molar-refractivity contribution is 5.37. The Balaban J connectivity index is 2.21. The Bertz CT molecular complexity index is 114. The number of hydrogen-bond acceptors (Lipinski definition) is 4. The summed E-state index contributed by atoms with van der Waals surface area (Å²) in [4.78, 5) is 9.79. The predicted molar refractivity (Wildman–Crippen MR) is 32.1 cm³/mol. The number of carbonyl (C=O) groups is 1. The van der Waals surface area contributed by atoms with E-state index in [9.17, 15) is 4.79 Å². The van der Waals surface area contributed by atoms with E-state index >= 15 is 0 Å². The first-order chi connectivity index (χ1) is 4.86. The van der Waals surface area contributed by atoms with Gasteiger partial charge < -0.3 is 14.6 Å². The zero-order valence-corrected chi connectivity index (χ0v) is 5.53. The van der Waals surface area contributed by atoms with E-state index in [1.54, 1.807) is 0 Å². The van der Waals surface area contributed by atoms with Gasteiger partial charge in [-0.1, -0.05) is 0 Å². The quantitative estimate of drug-likeness (QED) is 0.553. The summed E-state index contributed by atoms with van der Waals surface area (Å²) >= 11 is 0. The molecule has 0 saturated carbocycles. The second-order valence-corrected chi connectivity index (χ2v) is 2.18. The standard InChI is InChI=1S/C6H10O4/c7-3-5-1-2-6(10-5)9-4-8/h4-7H,1-3H2. The minimum Gasteiger partial charge on any atom is -0.438 e. The van der Waals surface area contributed by atoms with Crippen LogP contribution in [0.2, 0.25) is 0 Å². The smallest absolute Gasteiger partial charge is 0.295 e. The first-order valence-electron chi connectivity index (χ1n) is 3.22. The van der Waals surface area contributed by atoms with Gasteiger partial charge in [-0.2, -0.15) is 0 Å². The first kappa shape index (κ1) is 7.50. The molecule has 1 aliphatic rings. The van der Waals surface area contributed by atoms with Crippen molar-refractivity contribution in [3.05, 3.63) is 0 Å². The van der Waals surface area contributed by atoms with Crippen LogP contribution >= 0.6 is 0 Å². The van der Waals surface area contributed by atoms with E-state index in [0.29, 0.717) is 12.9 Å². The molecule has 0 radical (unpaired) electrons. The lowest BCUT2D eigenvalue weighted by Gasteiger charge is -2.08. The molecule has 1 fully saturated rings. The Morgan fingerprint density at radius 2 is 2.50 bits per heavy atom. The first-order valence-corrected chi connectivity index (χ1v) is 3.22. The van der Waals surface area contributed by atoms with Crippen molar-refractivity contribution >= 4 is 6.47 Å². The highest BCUT2D eigenvalue weighted by Crippen LogP contribution is 2.18. The lowest BCUT2D eigenvalue weighted by Crippen LogP contribution is -2.16. The summed E-state index contributed by atoms with van der Waals surface area (Å²) in [6, 6.07) is 0. The van der Waals surface area contributed by atoms with E-state index in [2.05, 4.69) is 4.74 Å². The topological polar surface area (TPSA) is 55.8 Å². The number of aliphatic hydroxyl groups excluding tert-OH is 1. The lowest BCUT2D eigenvalue weighted by atomic mass is 10.2. The van der Waals surface area contributed by atoms with Gasteiger partial charge in [-0.15, -0.1) is 0 Å². The van der Waals surface area contributed by atoms with E-state index < -0.39 is 6.29 Å². The third-order valence-corrected chi connectivity index (χ3v) is 1.48. The summed E-state index contributed by atoms with van der Waals surface area (Å²) in [6.07, 6.45) is 0.860. The van der Waals surface area contributed by atoms with Crippen LogP contribution in [-0.4, -0.2) is 30.6 Å². The minimum absolute atomic E-state index is 0.00127. The summed E-state index contributed by atoms with van der Waals surface area (Å²) < 4.78 is 9.57. The molecule has 0 spiro atoms. The van der Waals surface area contributed by atoms with Crippen LogP contribution in [0.5, 0.6) is 0 Å². The lowest BCUT2D eigenvalue weighted by molar-refractivity contribution is -0.162. The highest BCUT2D eigenvalue weighted by atomic mass is 16.7. The Labute approximate surface area is 58.7 Å². The maximum Gasteiger partial charge on any atom is 0.295 e. The van der Waals surface area contributed by atoms with Gasteiger partial charge in [0.2, 0.25) is 6.29 Å². The van der Waals surface area contributed by atoms with Crippen LogP contribution in [0, 0.1) is 0 Å². The molecule has 10 heavy (non-hydrogen) atoms. The summed E-state index contributed by atoms with van der Waals surface area (Å²) in [5.41, 5.74) is 0. The van der Waals surface area contributed by atoms with Gasteiger partial charge in [0.1, 0.15) is 0 Å². The van der Waals surface area contributed by atoms with Gasteiger partial charge in [0.25, 0.3) is 6.47 Å². The zero-order valence-electron chi connectivity index (χ0n) is 5.53. The molecule has 0 aromatic rings. The Morgan fingerprint density at radius 3 is 3.00 bits per heavy atom. The fourth-order valence-corrected chi connectivity index (χ4v) is 0.969. The molecule has 4 nitrogen and oxygen atoms in total. The Morgan fingerprint density at radius 1 is 1.70 bits per heavy atom. The third-order valence-electron chi connectivity index (χ3n) is 1.48. The zero-order chi connectivity index (χ0) is 7.40. The van der Waals surface area contributed by atoms with Crippen molar-refractivity contribution in [3.8, 4) is 0 Å². The van der Waals surface area contributed by atoms with Crippen LogP contribution in [0.1, 0.15) is 12.8 Å². The molecule has 0 aromatic heterocycles. The molecule has 4 heteroatoms. The van der Waals surface area contributed by atoms with Gasteiger partial charge in [-0.25, -0.2) is 0 Å². The van der Waals surface area contributed by atoms with Crippen molar-refractivity contribution in [1.29, 1.82) is 0 Å². The van der Waals surface area contributed by atoms with E-state index in [1.807, 2.05) is 0 Å². The summed E-state index contributed by atoms with van der Waals surface area (Å²) in [6.45, 7) is 0.364. The number of aliphatic hydroxyl groups is 1. The molecule has 1 N–H and O–H groups in total. The summed E-state index contributed by atoms with van der Waals surface area (Å²) in [5.74, 6) is 0. The van der Waals surface area contributed by atoms with Gasteiger partial charge in [0.05, 0.1) is 12.7 Å². The predicted octanol–water partition coefficient (Wildman–Crippen LogP) is -0.343. The van der Waals surface area contributed by atoms with Crippen LogP contribution in [0.4, 0.5) is 0 Å². The maximum atomic E-state index is 9.79. The molecule has 2 atom stereocenters. The number of hydrogen-bond donors (Lipinski definition) is 1. The van der Waals surface area contributed by atoms with E-state index in [-0.39, 0.29) is 12.7 Å². The molecule has 0 aromatic carbocycles. The molecule has 2 unspecified atom stereocenters. The van der Waals surface area contributed by atoms with Crippen molar-refractivity contribution in [2.24, 2.45) is 0 Å². The second-order valence-electron chi connectivity index (χ2n) is 2.18. The largest absolute Gasteiger partial charge is 0.438 e. The van der Waals surface area contributed by atoms with E-state index in [1.165, 1.54) is 0 Å². The molecular formula is C6H10O4. The Kier molecular flexibility index (Phi) is 2.65. The summed E-state index contributed by atoms with van der Waals surface area (Å²) in [7, 11) is 0. The van der Waals surface area contributed by atoms with Gasteiger partial charge >= 0.3 is 0 Å². The second kappa shape index (κ2) is 3.53. The van der Waals surface area contributed by atoms with Crippen LogP contribution in [0.25, 0.3) is 0 Å². The number of rotatable bonds is 3. The monoisotopic (exact) mass is 146 g/mol. The Hall–Kier alpha value is -0.610. The maximum absolute atomic E-state index is 9.79. The minimum atomic E-state index is -0.436. The van der Waals surface area contributed by atoms with Crippen LogP contribution in [-0.2, 0) is 14.3 Å². The molecule has 1 heterocycles. The molecule has 1 rings (SSSR count). The van der Waals surface area contributed by atoms with Crippen molar-refractivity contribution in [2.75, 3.05) is 6.61 Å². The molecule has 0 amide bonds. The number of ether oxygens (including phenoxy) is 2. The average Bonchev–Trinajstić information content (AvgIpc) is 2.37. The fourth-order valence-electron chi connectivity index (χ4n) is 0.969. The number of carbonyl (C=O) groups excluding carboxylic acids is 1. The van der Waals surface area contributed by atoms with Crippen LogP contribution < -0.4 is 0 Å². The van der Waals surface area contributed by atoms with Crippen molar-refractivity contribution in [3.63, 3.8) is 0 Å². The van der Waals surface area contributed by atoms with Gasteiger partial charge in [-0.05, 0) is 6.42 Å². The third kappa shape index (κ3) is 1.68.